The summed E-state index contributed by atoms with van der Waals surface area (Å²) in [4.78, 5) is 45.1. The number of fused-ring (bicyclic) bond motifs is 1. The average Bonchev–Trinajstić information content (AvgIpc) is 2.82. The van der Waals surface area contributed by atoms with Crippen LogP contribution in [0.15, 0.2) is 23.0 Å². The van der Waals surface area contributed by atoms with Gasteiger partial charge in [-0.2, -0.15) is 0 Å². The van der Waals surface area contributed by atoms with Gasteiger partial charge in [-0.1, -0.05) is 13.0 Å². The molecule has 1 aliphatic heterocycles. The van der Waals surface area contributed by atoms with Crippen molar-refractivity contribution in [1.82, 2.24) is 25.1 Å². The predicted octanol–water partition coefficient (Wildman–Crippen LogP) is 1.05. The highest BCUT2D eigenvalue weighted by molar-refractivity contribution is 5.82. The fraction of sp³-hybridized carbons (Fsp3) is 0.500. The van der Waals surface area contributed by atoms with Crippen LogP contribution in [0.5, 0.6) is 0 Å². The Balaban J connectivity index is 1.58. The lowest BCUT2D eigenvalue weighted by Crippen LogP contribution is -2.43. The van der Waals surface area contributed by atoms with Crippen LogP contribution in [0.25, 0.3) is 11.0 Å². The second kappa shape index (κ2) is 8.07. The van der Waals surface area contributed by atoms with Gasteiger partial charge in [-0.15, -0.1) is 0 Å². The number of aromatic nitrogens is 2. The maximum atomic E-state index is 12.6. The van der Waals surface area contributed by atoms with Gasteiger partial charge in [0, 0.05) is 32.7 Å². The summed E-state index contributed by atoms with van der Waals surface area (Å²) in [5.41, 5.74) is 2.04. The lowest BCUT2D eigenvalue weighted by molar-refractivity contribution is -0.130. The van der Waals surface area contributed by atoms with E-state index in [1.54, 1.807) is 11.0 Å². The third kappa shape index (κ3) is 4.25. The van der Waals surface area contributed by atoms with Gasteiger partial charge in [0.05, 0.1) is 17.5 Å². The Bertz CT molecular complexity index is 841. The number of carbonyl (C=O) groups is 2. The number of aromatic amines is 2. The van der Waals surface area contributed by atoms with E-state index in [1.807, 2.05) is 24.0 Å². The minimum atomic E-state index is -0.252. The number of nitrogens with zero attached hydrogens (tertiary/aromatic N) is 2. The SMILES string of the molecule is CCCNC(=O)N1CCCN(C(=O)Cc2ccc3[nH]c(=O)[nH]c3c2)CC1. The molecule has 1 saturated heterocycles. The van der Waals surface area contributed by atoms with Gasteiger partial charge >= 0.3 is 11.7 Å². The number of urea groups is 1. The fourth-order valence-corrected chi connectivity index (χ4v) is 3.19. The monoisotopic (exact) mass is 359 g/mol. The molecule has 26 heavy (non-hydrogen) atoms. The molecule has 0 radical (unpaired) electrons. The van der Waals surface area contributed by atoms with Crippen molar-refractivity contribution in [2.45, 2.75) is 26.2 Å². The van der Waals surface area contributed by atoms with E-state index in [0.29, 0.717) is 38.2 Å². The van der Waals surface area contributed by atoms with E-state index in [0.717, 1.165) is 23.9 Å². The first-order valence-corrected chi connectivity index (χ1v) is 9.08. The smallest absolute Gasteiger partial charge is 0.323 e. The van der Waals surface area contributed by atoms with Gasteiger partial charge in [-0.3, -0.25) is 4.79 Å². The van der Waals surface area contributed by atoms with Gasteiger partial charge in [0.1, 0.15) is 0 Å². The van der Waals surface area contributed by atoms with Gasteiger partial charge in [0.15, 0.2) is 0 Å². The Hall–Kier alpha value is -2.77. The number of benzene rings is 1. The van der Waals surface area contributed by atoms with E-state index in [-0.39, 0.29) is 24.0 Å². The molecule has 1 aromatic heterocycles. The summed E-state index contributed by atoms with van der Waals surface area (Å²) >= 11 is 0. The van der Waals surface area contributed by atoms with Crippen LogP contribution in [0.1, 0.15) is 25.3 Å². The number of hydrogen-bond donors (Lipinski definition) is 3. The minimum absolute atomic E-state index is 0.0399. The molecule has 8 heteroatoms. The summed E-state index contributed by atoms with van der Waals surface area (Å²) in [5, 5.41) is 2.88. The summed E-state index contributed by atoms with van der Waals surface area (Å²) in [6.07, 6.45) is 1.96. The standard InChI is InChI=1S/C18H25N5O3/c1-2-6-19-18(26)23-8-3-7-22(9-10-23)16(24)12-13-4-5-14-15(11-13)21-17(25)20-14/h4-5,11H,2-3,6-10,12H2,1H3,(H,19,26)(H2,20,21,25). The van der Waals surface area contributed by atoms with E-state index in [4.69, 9.17) is 0 Å². The number of H-pyrrole nitrogens is 2. The first-order valence-electron chi connectivity index (χ1n) is 9.08. The van der Waals surface area contributed by atoms with Gasteiger partial charge in [-0.05, 0) is 30.5 Å². The quantitative estimate of drug-likeness (QED) is 0.760. The molecule has 1 fully saturated rings. The van der Waals surface area contributed by atoms with E-state index < -0.39 is 0 Å². The van der Waals surface area contributed by atoms with Gasteiger partial charge in [0.25, 0.3) is 0 Å². The largest absolute Gasteiger partial charge is 0.341 e. The number of hydrogen-bond acceptors (Lipinski definition) is 3. The van der Waals surface area contributed by atoms with Crippen molar-refractivity contribution in [2.75, 3.05) is 32.7 Å². The molecule has 0 saturated carbocycles. The van der Waals surface area contributed by atoms with Crippen LogP contribution in [-0.2, 0) is 11.2 Å². The van der Waals surface area contributed by atoms with Gasteiger partial charge < -0.3 is 25.1 Å². The first-order chi connectivity index (χ1) is 12.6. The summed E-state index contributed by atoms with van der Waals surface area (Å²) in [5.74, 6) is 0.0399. The fourth-order valence-electron chi connectivity index (χ4n) is 3.19. The molecule has 140 valence electrons. The number of carbonyl (C=O) groups excluding carboxylic acids is 2. The van der Waals surface area contributed by atoms with Crippen molar-refractivity contribution in [3.8, 4) is 0 Å². The molecule has 3 rings (SSSR count). The molecule has 3 amide bonds. The Morgan fingerprint density at radius 3 is 2.62 bits per heavy atom. The summed E-state index contributed by atoms with van der Waals surface area (Å²) in [7, 11) is 0. The topological polar surface area (TPSA) is 101 Å². The second-order valence-electron chi connectivity index (χ2n) is 6.59. The molecule has 2 heterocycles. The van der Waals surface area contributed by atoms with Crippen molar-refractivity contribution in [3.63, 3.8) is 0 Å². The van der Waals surface area contributed by atoms with Gasteiger partial charge in [-0.25, -0.2) is 9.59 Å². The highest BCUT2D eigenvalue weighted by atomic mass is 16.2. The summed E-state index contributed by atoms with van der Waals surface area (Å²) < 4.78 is 0. The van der Waals surface area contributed by atoms with Crippen LogP contribution in [0, 0.1) is 0 Å². The third-order valence-electron chi connectivity index (χ3n) is 4.60. The van der Waals surface area contributed by atoms with E-state index in [9.17, 15) is 14.4 Å². The molecule has 0 aliphatic carbocycles. The molecule has 3 N–H and O–H groups in total. The summed E-state index contributed by atoms with van der Waals surface area (Å²) in [6.45, 7) is 5.09. The Morgan fingerprint density at radius 1 is 1.08 bits per heavy atom. The highest BCUT2D eigenvalue weighted by Crippen LogP contribution is 2.13. The van der Waals surface area contributed by atoms with E-state index >= 15 is 0 Å². The van der Waals surface area contributed by atoms with E-state index in [2.05, 4.69) is 15.3 Å². The van der Waals surface area contributed by atoms with Crippen molar-refractivity contribution in [2.24, 2.45) is 0 Å². The molecule has 1 aliphatic rings. The number of rotatable bonds is 4. The minimum Gasteiger partial charge on any atom is -0.341 e. The van der Waals surface area contributed by atoms with Crippen LogP contribution in [0.4, 0.5) is 4.79 Å². The number of imidazole rings is 1. The van der Waals surface area contributed by atoms with Crippen LogP contribution in [0.2, 0.25) is 0 Å². The molecule has 0 atom stereocenters. The molecule has 8 nitrogen and oxygen atoms in total. The highest BCUT2D eigenvalue weighted by Gasteiger charge is 2.22. The molecule has 2 aromatic rings. The zero-order valence-corrected chi connectivity index (χ0v) is 15.0. The lowest BCUT2D eigenvalue weighted by Gasteiger charge is -2.22. The molecular formula is C18H25N5O3. The molecular weight excluding hydrogens is 334 g/mol. The lowest BCUT2D eigenvalue weighted by atomic mass is 10.1. The Kier molecular flexibility index (Phi) is 5.60. The predicted molar refractivity (Wildman–Crippen MR) is 99.1 cm³/mol. The van der Waals surface area contributed by atoms with Crippen LogP contribution < -0.4 is 11.0 Å². The third-order valence-corrected chi connectivity index (χ3v) is 4.60. The van der Waals surface area contributed by atoms with Gasteiger partial charge in [0.2, 0.25) is 5.91 Å². The zero-order valence-electron chi connectivity index (χ0n) is 15.0. The van der Waals surface area contributed by atoms with E-state index in [1.165, 1.54) is 0 Å². The number of nitrogens with one attached hydrogen (secondary N) is 3. The zero-order chi connectivity index (χ0) is 18.5. The summed E-state index contributed by atoms with van der Waals surface area (Å²) in [6, 6.07) is 5.43. The van der Waals surface area contributed by atoms with Crippen LogP contribution >= 0.6 is 0 Å². The van der Waals surface area contributed by atoms with Crippen LogP contribution in [-0.4, -0.2) is 64.4 Å². The normalized spacial score (nSPS) is 15.1. The molecule has 1 aromatic carbocycles. The molecule has 0 bridgehead atoms. The maximum absolute atomic E-state index is 12.6. The molecule has 0 spiro atoms. The van der Waals surface area contributed by atoms with Crippen molar-refractivity contribution in [3.05, 3.63) is 34.2 Å². The number of amides is 3. The Morgan fingerprint density at radius 2 is 1.81 bits per heavy atom. The maximum Gasteiger partial charge on any atom is 0.323 e. The van der Waals surface area contributed by atoms with Crippen molar-refractivity contribution in [1.29, 1.82) is 0 Å². The Labute approximate surface area is 151 Å². The van der Waals surface area contributed by atoms with Crippen LogP contribution in [0.3, 0.4) is 0 Å². The van der Waals surface area contributed by atoms with Crippen molar-refractivity contribution < 1.29 is 9.59 Å². The van der Waals surface area contributed by atoms with Crippen molar-refractivity contribution >= 4 is 23.0 Å². The molecule has 0 unspecified atom stereocenters. The second-order valence-corrected chi connectivity index (χ2v) is 6.59. The first kappa shape index (κ1) is 18.0. The average molecular weight is 359 g/mol.